The molecule has 1 aromatic heterocycles. The van der Waals surface area contributed by atoms with Crippen molar-refractivity contribution in [2.24, 2.45) is 23.7 Å². The van der Waals surface area contributed by atoms with Crippen molar-refractivity contribution in [3.8, 4) is 11.3 Å². The highest BCUT2D eigenvalue weighted by molar-refractivity contribution is 7.14. The number of carboxylic acids is 1. The van der Waals surface area contributed by atoms with Crippen LogP contribution in [0.15, 0.2) is 23.6 Å². The predicted molar refractivity (Wildman–Crippen MR) is 102 cm³/mol. The number of aromatic nitrogens is 1. The molecule has 0 saturated heterocycles. The molecule has 26 heavy (non-hydrogen) atoms. The first-order valence-electron chi connectivity index (χ1n) is 8.38. The summed E-state index contributed by atoms with van der Waals surface area (Å²) in [5.41, 5.74) is 1.38. The summed E-state index contributed by atoms with van der Waals surface area (Å²) in [6, 6.07) is 5.15. The minimum Gasteiger partial charge on any atom is -0.481 e. The number of rotatable bonds is 4. The first-order chi connectivity index (χ1) is 12.4. The Morgan fingerprint density at radius 3 is 2.62 bits per heavy atom. The lowest BCUT2D eigenvalue weighted by Crippen LogP contribution is -2.37. The first-order valence-corrected chi connectivity index (χ1v) is 10.0. The Bertz CT molecular complexity index is 885. The molecule has 0 radical (unpaired) electrons. The number of carbonyl (C=O) groups excluding carboxylic acids is 1. The van der Waals surface area contributed by atoms with Crippen LogP contribution in [0.2, 0.25) is 10.0 Å². The number of carboxylic acid groups (broad SMARTS) is 1. The largest absolute Gasteiger partial charge is 0.481 e. The van der Waals surface area contributed by atoms with E-state index in [1.165, 1.54) is 11.3 Å². The van der Waals surface area contributed by atoms with Crippen molar-refractivity contribution in [1.82, 2.24) is 4.98 Å². The number of anilines is 1. The van der Waals surface area contributed by atoms with E-state index in [1.807, 2.05) is 0 Å². The summed E-state index contributed by atoms with van der Waals surface area (Å²) in [5, 5.41) is 15.6. The predicted octanol–water partition coefficient (Wildman–Crippen LogP) is 4.80. The van der Waals surface area contributed by atoms with E-state index < -0.39 is 17.8 Å². The number of fused-ring (bicyclic) bond motifs is 2. The van der Waals surface area contributed by atoms with Gasteiger partial charge in [0.15, 0.2) is 5.13 Å². The fourth-order valence-corrected chi connectivity index (χ4v) is 5.58. The zero-order valence-corrected chi connectivity index (χ0v) is 15.9. The molecule has 4 rings (SSSR count). The van der Waals surface area contributed by atoms with Crippen LogP contribution in [-0.2, 0) is 9.59 Å². The van der Waals surface area contributed by atoms with E-state index in [1.54, 1.807) is 23.6 Å². The third-order valence-electron chi connectivity index (χ3n) is 5.45. The van der Waals surface area contributed by atoms with Gasteiger partial charge in [0.05, 0.1) is 22.6 Å². The molecular weight excluding hydrogens is 395 g/mol. The van der Waals surface area contributed by atoms with E-state index in [0.29, 0.717) is 20.9 Å². The molecule has 0 unspecified atom stereocenters. The number of amides is 1. The Labute approximate surface area is 164 Å². The minimum atomic E-state index is -0.870. The molecule has 8 heteroatoms. The summed E-state index contributed by atoms with van der Waals surface area (Å²) in [4.78, 5) is 28.7. The maximum absolute atomic E-state index is 12.7. The van der Waals surface area contributed by atoms with Crippen molar-refractivity contribution < 1.29 is 14.7 Å². The highest BCUT2D eigenvalue weighted by atomic mass is 35.5. The Morgan fingerprint density at radius 2 is 1.92 bits per heavy atom. The average Bonchev–Trinajstić information content (AvgIpc) is 3.29. The second-order valence-corrected chi connectivity index (χ2v) is 8.58. The molecule has 0 spiro atoms. The number of hydrogen-bond donors (Lipinski definition) is 2. The van der Waals surface area contributed by atoms with Crippen LogP contribution in [-0.4, -0.2) is 22.0 Å². The van der Waals surface area contributed by atoms with Gasteiger partial charge >= 0.3 is 5.97 Å². The van der Waals surface area contributed by atoms with Gasteiger partial charge in [-0.3, -0.25) is 9.59 Å². The standard InChI is InChI=1S/C18H16Cl2N2O3S/c19-10-3-4-11(12(20)6-10)13-7-26-18(21-13)22-16(23)14-8-1-2-9(5-8)15(14)17(24)25/h3-4,6-9,14-15H,1-2,5H2,(H,24,25)(H,21,22,23)/t8-,9-,14-,15+/m0/s1. The van der Waals surface area contributed by atoms with Gasteiger partial charge in [0, 0.05) is 16.0 Å². The van der Waals surface area contributed by atoms with Crippen LogP contribution in [0, 0.1) is 23.7 Å². The summed E-state index contributed by atoms with van der Waals surface area (Å²) in [5.74, 6) is -1.89. The van der Waals surface area contributed by atoms with Crippen molar-refractivity contribution >= 4 is 51.5 Å². The van der Waals surface area contributed by atoms with Gasteiger partial charge in [-0.1, -0.05) is 23.2 Å². The maximum atomic E-state index is 12.7. The number of halogens is 2. The Hall–Kier alpha value is -1.63. The van der Waals surface area contributed by atoms with Crippen LogP contribution in [0.3, 0.4) is 0 Å². The second-order valence-electron chi connectivity index (χ2n) is 6.87. The summed E-state index contributed by atoms with van der Waals surface area (Å²) in [6.45, 7) is 0. The SMILES string of the molecule is O=C(O)[C@@H]1[C@H]2CC[C@@H](C2)[C@@H]1C(=O)Nc1nc(-c2ccc(Cl)cc2Cl)cs1. The topological polar surface area (TPSA) is 79.3 Å². The number of thiazole rings is 1. The van der Waals surface area contributed by atoms with Gasteiger partial charge in [-0.25, -0.2) is 4.98 Å². The van der Waals surface area contributed by atoms with E-state index in [0.717, 1.165) is 24.8 Å². The summed E-state index contributed by atoms with van der Waals surface area (Å²) < 4.78 is 0. The van der Waals surface area contributed by atoms with Crippen LogP contribution < -0.4 is 5.32 Å². The van der Waals surface area contributed by atoms with Gasteiger partial charge in [0.2, 0.25) is 5.91 Å². The third kappa shape index (κ3) is 3.10. The number of benzene rings is 1. The Kier molecular flexibility index (Phi) is 4.67. The lowest BCUT2D eigenvalue weighted by atomic mass is 9.79. The van der Waals surface area contributed by atoms with Crippen LogP contribution >= 0.6 is 34.5 Å². The molecule has 2 aliphatic rings. The number of aliphatic carboxylic acids is 1. The molecule has 2 aromatic rings. The zero-order chi connectivity index (χ0) is 18.4. The Balaban J connectivity index is 1.52. The second kappa shape index (κ2) is 6.83. The fourth-order valence-electron chi connectivity index (χ4n) is 4.36. The lowest BCUT2D eigenvalue weighted by molar-refractivity contribution is -0.148. The van der Waals surface area contributed by atoms with E-state index >= 15 is 0 Å². The molecule has 0 aliphatic heterocycles. The fraction of sp³-hybridized carbons (Fsp3) is 0.389. The van der Waals surface area contributed by atoms with Crippen molar-refractivity contribution in [2.45, 2.75) is 19.3 Å². The molecule has 1 heterocycles. The molecule has 136 valence electrons. The zero-order valence-electron chi connectivity index (χ0n) is 13.6. The number of nitrogens with one attached hydrogen (secondary N) is 1. The van der Waals surface area contributed by atoms with Gasteiger partial charge in [-0.15, -0.1) is 11.3 Å². The van der Waals surface area contributed by atoms with E-state index in [-0.39, 0.29) is 17.7 Å². The highest BCUT2D eigenvalue weighted by Gasteiger charge is 2.54. The number of hydrogen-bond acceptors (Lipinski definition) is 4. The van der Waals surface area contributed by atoms with Crippen molar-refractivity contribution in [1.29, 1.82) is 0 Å². The molecule has 2 N–H and O–H groups in total. The average molecular weight is 411 g/mol. The minimum absolute atomic E-state index is 0.118. The molecule has 1 amide bonds. The molecule has 4 atom stereocenters. The highest BCUT2D eigenvalue weighted by Crippen LogP contribution is 2.52. The van der Waals surface area contributed by atoms with Gasteiger partial charge in [-0.2, -0.15) is 0 Å². The molecule has 2 aliphatic carbocycles. The molecule has 1 aromatic carbocycles. The summed E-state index contributed by atoms with van der Waals surface area (Å²) >= 11 is 13.4. The quantitative estimate of drug-likeness (QED) is 0.758. The van der Waals surface area contributed by atoms with Gasteiger partial charge in [-0.05, 0) is 49.3 Å². The molecule has 2 saturated carbocycles. The van der Waals surface area contributed by atoms with Crippen molar-refractivity contribution in [2.75, 3.05) is 5.32 Å². The molecule has 2 bridgehead atoms. The lowest BCUT2D eigenvalue weighted by Gasteiger charge is -2.26. The Morgan fingerprint density at radius 1 is 1.19 bits per heavy atom. The first kappa shape index (κ1) is 17.8. The van der Waals surface area contributed by atoms with E-state index in [2.05, 4.69) is 10.3 Å². The van der Waals surface area contributed by atoms with E-state index in [9.17, 15) is 14.7 Å². The molecule has 5 nitrogen and oxygen atoms in total. The van der Waals surface area contributed by atoms with E-state index in [4.69, 9.17) is 23.2 Å². The van der Waals surface area contributed by atoms with Gasteiger partial charge in [0.1, 0.15) is 0 Å². The van der Waals surface area contributed by atoms with Crippen molar-refractivity contribution in [3.05, 3.63) is 33.6 Å². The van der Waals surface area contributed by atoms with Crippen LogP contribution in [0.1, 0.15) is 19.3 Å². The molecular formula is C18H16Cl2N2O3S. The molecule has 2 fully saturated rings. The van der Waals surface area contributed by atoms with Gasteiger partial charge in [0.25, 0.3) is 0 Å². The van der Waals surface area contributed by atoms with Crippen LogP contribution in [0.4, 0.5) is 5.13 Å². The summed E-state index contributed by atoms with van der Waals surface area (Å²) in [7, 11) is 0. The normalized spacial score (nSPS) is 26.8. The smallest absolute Gasteiger partial charge is 0.307 e. The maximum Gasteiger partial charge on any atom is 0.307 e. The number of carbonyl (C=O) groups is 2. The monoisotopic (exact) mass is 410 g/mol. The van der Waals surface area contributed by atoms with Crippen LogP contribution in [0.5, 0.6) is 0 Å². The van der Waals surface area contributed by atoms with Gasteiger partial charge < -0.3 is 10.4 Å². The van der Waals surface area contributed by atoms with Crippen LogP contribution in [0.25, 0.3) is 11.3 Å². The number of nitrogens with zero attached hydrogens (tertiary/aromatic N) is 1. The summed E-state index contributed by atoms with van der Waals surface area (Å²) in [6.07, 6.45) is 2.66. The third-order valence-corrected chi connectivity index (χ3v) is 6.75. The van der Waals surface area contributed by atoms with Crippen molar-refractivity contribution in [3.63, 3.8) is 0 Å².